The third kappa shape index (κ3) is 10.3. The number of anilines is 1. The second kappa shape index (κ2) is 12.3. The van der Waals surface area contributed by atoms with Gasteiger partial charge in [0.1, 0.15) is 12.4 Å². The quantitative estimate of drug-likeness (QED) is 0.392. The summed E-state index contributed by atoms with van der Waals surface area (Å²) in [6, 6.07) is 0. The zero-order valence-electron chi connectivity index (χ0n) is 13.3. The van der Waals surface area contributed by atoms with Gasteiger partial charge < -0.3 is 19.9 Å². The summed E-state index contributed by atoms with van der Waals surface area (Å²) in [5, 5.41) is 11.8. The maximum Gasteiger partial charge on any atom is 0.322 e. The molecule has 23 heavy (non-hydrogen) atoms. The minimum absolute atomic E-state index is 0.229. The van der Waals surface area contributed by atoms with E-state index in [2.05, 4.69) is 20.3 Å². The lowest BCUT2D eigenvalue weighted by molar-refractivity contribution is -0.134. The molecule has 0 aliphatic heterocycles. The minimum atomic E-state index is -0.967. The first-order chi connectivity index (χ1) is 11.1. The second-order valence-corrected chi connectivity index (χ2v) is 6.35. The number of aliphatic carboxylic acids is 1. The Morgan fingerprint density at radius 1 is 1.13 bits per heavy atom. The highest BCUT2D eigenvalue weighted by molar-refractivity contribution is 7.99. The van der Waals surface area contributed by atoms with Crippen molar-refractivity contribution in [3.05, 3.63) is 5.82 Å². The first-order valence-electron chi connectivity index (χ1n) is 7.07. The molecule has 0 unspecified atom stereocenters. The molecule has 2 N–H and O–H groups in total. The molecule has 0 atom stereocenters. The topological polar surface area (TPSA) is 106 Å². The van der Waals surface area contributed by atoms with Crippen molar-refractivity contribution in [1.29, 1.82) is 0 Å². The van der Waals surface area contributed by atoms with Crippen molar-refractivity contribution in [2.45, 2.75) is 12.1 Å². The SMILES string of the molecule is CSCCOCCOCCSc1nc(C)nc(NCC(=O)O)n1. The number of carboxylic acid groups (broad SMARTS) is 1. The molecule has 0 spiro atoms. The molecule has 0 bridgehead atoms. The van der Waals surface area contributed by atoms with Crippen LogP contribution in [0.3, 0.4) is 0 Å². The molecule has 0 saturated heterocycles. The van der Waals surface area contributed by atoms with Gasteiger partial charge >= 0.3 is 5.97 Å². The molecule has 10 heteroatoms. The van der Waals surface area contributed by atoms with E-state index in [1.807, 2.05) is 6.26 Å². The molecule has 0 fully saturated rings. The van der Waals surface area contributed by atoms with Gasteiger partial charge in [0.05, 0.1) is 26.4 Å². The van der Waals surface area contributed by atoms with Gasteiger partial charge in [-0.25, -0.2) is 4.98 Å². The van der Waals surface area contributed by atoms with Crippen LogP contribution in [0.1, 0.15) is 5.82 Å². The van der Waals surface area contributed by atoms with Gasteiger partial charge in [0.15, 0.2) is 5.16 Å². The van der Waals surface area contributed by atoms with Gasteiger partial charge in [-0.3, -0.25) is 4.79 Å². The summed E-state index contributed by atoms with van der Waals surface area (Å²) < 4.78 is 10.8. The van der Waals surface area contributed by atoms with Crippen molar-refractivity contribution in [3.8, 4) is 0 Å². The number of ether oxygens (including phenoxy) is 2. The first-order valence-corrected chi connectivity index (χ1v) is 9.45. The van der Waals surface area contributed by atoms with Crippen LogP contribution in [0.4, 0.5) is 5.95 Å². The maximum absolute atomic E-state index is 10.5. The molecule has 0 aromatic carbocycles. The average molecular weight is 362 g/mol. The standard InChI is InChI=1S/C13H22N4O4S2/c1-10-15-12(14-9-11(18)19)17-13(16-10)23-8-6-21-4-3-20-5-7-22-2/h3-9H2,1-2H3,(H,18,19)(H,14,15,16,17). The normalized spacial score (nSPS) is 10.7. The van der Waals surface area contributed by atoms with E-state index in [4.69, 9.17) is 14.6 Å². The van der Waals surface area contributed by atoms with E-state index in [-0.39, 0.29) is 12.5 Å². The van der Waals surface area contributed by atoms with Gasteiger partial charge in [-0.1, -0.05) is 11.8 Å². The molecule has 0 amide bonds. The highest BCUT2D eigenvalue weighted by Gasteiger charge is 2.06. The molecule has 0 saturated carbocycles. The Kier molecular flexibility index (Phi) is 10.7. The molecule has 1 aromatic heterocycles. The van der Waals surface area contributed by atoms with Crippen molar-refractivity contribution in [3.63, 3.8) is 0 Å². The molecule has 1 aromatic rings. The molecular formula is C13H22N4O4S2. The van der Waals surface area contributed by atoms with Gasteiger partial charge in [-0.2, -0.15) is 21.7 Å². The second-order valence-electron chi connectivity index (χ2n) is 4.30. The Hall–Kier alpha value is -1.10. The largest absolute Gasteiger partial charge is 0.480 e. The molecule has 1 heterocycles. The fraction of sp³-hybridized carbons (Fsp3) is 0.692. The monoisotopic (exact) mass is 362 g/mol. The van der Waals surface area contributed by atoms with Crippen LogP contribution in [0.25, 0.3) is 0 Å². The van der Waals surface area contributed by atoms with Crippen molar-refractivity contribution in [2.75, 3.05) is 56.1 Å². The number of nitrogens with zero attached hydrogens (tertiary/aromatic N) is 3. The maximum atomic E-state index is 10.5. The summed E-state index contributed by atoms with van der Waals surface area (Å²) in [6.45, 7) is 3.98. The zero-order valence-corrected chi connectivity index (χ0v) is 14.9. The molecule has 0 aliphatic rings. The highest BCUT2D eigenvalue weighted by atomic mass is 32.2. The number of carbonyl (C=O) groups is 1. The summed E-state index contributed by atoms with van der Waals surface area (Å²) in [4.78, 5) is 22.9. The number of nitrogens with one attached hydrogen (secondary N) is 1. The summed E-state index contributed by atoms with van der Waals surface area (Å²) in [7, 11) is 0. The Bertz CT molecular complexity index is 479. The Morgan fingerprint density at radius 2 is 1.83 bits per heavy atom. The van der Waals surface area contributed by atoms with Crippen LogP contribution in [0.5, 0.6) is 0 Å². The number of rotatable bonds is 13. The molecule has 8 nitrogen and oxygen atoms in total. The van der Waals surface area contributed by atoms with Crippen LogP contribution in [0.15, 0.2) is 5.16 Å². The Balaban J connectivity index is 2.20. The van der Waals surface area contributed by atoms with Crippen LogP contribution < -0.4 is 5.32 Å². The Morgan fingerprint density at radius 3 is 2.48 bits per heavy atom. The van der Waals surface area contributed by atoms with E-state index >= 15 is 0 Å². The van der Waals surface area contributed by atoms with Crippen LogP contribution in [0.2, 0.25) is 0 Å². The predicted molar refractivity (Wildman–Crippen MR) is 91.4 cm³/mol. The summed E-state index contributed by atoms with van der Waals surface area (Å²) in [6.07, 6.45) is 2.04. The lowest BCUT2D eigenvalue weighted by Gasteiger charge is -2.06. The lowest BCUT2D eigenvalue weighted by Crippen LogP contribution is -2.15. The number of aryl methyl sites for hydroxylation is 1. The minimum Gasteiger partial charge on any atom is -0.480 e. The zero-order chi connectivity index (χ0) is 16.9. The van der Waals surface area contributed by atoms with Crippen LogP contribution in [-0.4, -0.2) is 76.8 Å². The first kappa shape index (κ1) is 19.9. The number of hydrogen-bond acceptors (Lipinski definition) is 9. The van der Waals surface area contributed by atoms with Gasteiger partial charge in [0, 0.05) is 11.5 Å². The van der Waals surface area contributed by atoms with Gasteiger partial charge in [0.2, 0.25) is 5.95 Å². The fourth-order valence-corrected chi connectivity index (χ4v) is 2.43. The van der Waals surface area contributed by atoms with Crippen molar-refractivity contribution in [1.82, 2.24) is 15.0 Å². The average Bonchev–Trinajstić information content (AvgIpc) is 2.51. The smallest absolute Gasteiger partial charge is 0.322 e. The number of hydrogen-bond donors (Lipinski definition) is 2. The van der Waals surface area contributed by atoms with E-state index in [0.717, 1.165) is 12.4 Å². The molecular weight excluding hydrogens is 340 g/mol. The van der Waals surface area contributed by atoms with E-state index in [0.29, 0.717) is 36.6 Å². The summed E-state index contributed by atoms with van der Waals surface area (Å²) in [5.74, 6) is 1.54. The number of aromatic nitrogens is 3. The third-order valence-electron chi connectivity index (χ3n) is 2.39. The van der Waals surface area contributed by atoms with Crippen LogP contribution in [0, 0.1) is 6.92 Å². The predicted octanol–water partition coefficient (Wildman–Crippen LogP) is 1.16. The van der Waals surface area contributed by atoms with Crippen molar-refractivity contribution in [2.24, 2.45) is 0 Å². The Labute approximate surface area is 144 Å². The van der Waals surface area contributed by atoms with Crippen molar-refractivity contribution >= 4 is 35.4 Å². The molecule has 130 valence electrons. The summed E-state index contributed by atoms with van der Waals surface area (Å²) in [5.41, 5.74) is 0. The molecule has 0 aliphatic carbocycles. The molecule has 0 radical (unpaired) electrons. The van der Waals surface area contributed by atoms with Gasteiger partial charge in [0.25, 0.3) is 0 Å². The van der Waals surface area contributed by atoms with Crippen LogP contribution in [-0.2, 0) is 14.3 Å². The number of carboxylic acids is 1. The third-order valence-corrected chi connectivity index (χ3v) is 3.77. The van der Waals surface area contributed by atoms with E-state index in [1.165, 1.54) is 11.8 Å². The van der Waals surface area contributed by atoms with Crippen molar-refractivity contribution < 1.29 is 19.4 Å². The fourth-order valence-electron chi connectivity index (χ4n) is 1.41. The number of thioether (sulfide) groups is 2. The van der Waals surface area contributed by atoms with Gasteiger partial charge in [-0.05, 0) is 13.2 Å². The summed E-state index contributed by atoms with van der Waals surface area (Å²) >= 11 is 3.19. The highest BCUT2D eigenvalue weighted by Crippen LogP contribution is 2.14. The van der Waals surface area contributed by atoms with Gasteiger partial charge in [-0.15, -0.1) is 0 Å². The van der Waals surface area contributed by atoms with Crippen LogP contribution >= 0.6 is 23.5 Å². The van der Waals surface area contributed by atoms with E-state index in [9.17, 15) is 4.79 Å². The van der Waals surface area contributed by atoms with E-state index in [1.54, 1.807) is 18.7 Å². The molecule has 1 rings (SSSR count). The van der Waals surface area contributed by atoms with E-state index < -0.39 is 5.97 Å². The lowest BCUT2D eigenvalue weighted by atomic mass is 10.6.